The second-order valence-corrected chi connectivity index (χ2v) is 8.53. The third kappa shape index (κ3) is 3.95. The van der Waals surface area contributed by atoms with Crippen molar-refractivity contribution in [3.63, 3.8) is 0 Å². The minimum absolute atomic E-state index is 0.258. The normalized spacial score (nSPS) is 17.7. The summed E-state index contributed by atoms with van der Waals surface area (Å²) in [5, 5.41) is 11.9. The van der Waals surface area contributed by atoms with Crippen molar-refractivity contribution in [2.45, 2.75) is 46.6 Å². The van der Waals surface area contributed by atoms with Crippen LogP contribution in [-0.2, 0) is 13.0 Å². The van der Waals surface area contributed by atoms with E-state index >= 15 is 0 Å². The Labute approximate surface area is 171 Å². The molecule has 2 aromatic carbocycles. The van der Waals surface area contributed by atoms with Gasteiger partial charge in [0, 0.05) is 30.6 Å². The number of hydrogen-bond donors (Lipinski definition) is 1. The van der Waals surface area contributed by atoms with Crippen LogP contribution in [-0.4, -0.2) is 23.1 Å². The number of likely N-dealkylation sites (tertiary alicyclic amines) is 1. The van der Waals surface area contributed by atoms with Gasteiger partial charge in [-0.3, -0.25) is 4.90 Å². The van der Waals surface area contributed by atoms with Gasteiger partial charge in [0.25, 0.3) is 0 Å². The van der Waals surface area contributed by atoms with Crippen molar-refractivity contribution >= 4 is 11.0 Å². The number of phenolic OH excluding ortho intramolecular Hbond substituents is 1. The molecule has 0 saturated carbocycles. The highest BCUT2D eigenvalue weighted by atomic mass is 16.4. The first-order chi connectivity index (χ1) is 13.9. The van der Waals surface area contributed by atoms with Gasteiger partial charge in [-0.05, 0) is 61.9 Å². The summed E-state index contributed by atoms with van der Waals surface area (Å²) in [4.78, 5) is 15.1. The third-order valence-electron chi connectivity index (χ3n) is 6.22. The first-order valence-electron chi connectivity index (χ1n) is 10.5. The van der Waals surface area contributed by atoms with Crippen LogP contribution in [0.5, 0.6) is 5.75 Å². The molecule has 2 heterocycles. The number of piperidine rings is 1. The predicted octanol–water partition coefficient (Wildman–Crippen LogP) is 4.94. The first kappa shape index (κ1) is 19.7. The van der Waals surface area contributed by atoms with Gasteiger partial charge in [-0.2, -0.15) is 0 Å². The lowest BCUT2D eigenvalue weighted by molar-refractivity contribution is 0.175. The fraction of sp³-hybridized carbons (Fsp3) is 0.400. The van der Waals surface area contributed by atoms with Gasteiger partial charge < -0.3 is 9.52 Å². The van der Waals surface area contributed by atoms with Gasteiger partial charge >= 0.3 is 5.63 Å². The fourth-order valence-electron chi connectivity index (χ4n) is 4.58. The Kier molecular flexibility index (Phi) is 5.46. The molecule has 4 heteroatoms. The highest BCUT2D eigenvalue weighted by Crippen LogP contribution is 2.36. The van der Waals surface area contributed by atoms with E-state index in [-0.39, 0.29) is 11.4 Å². The summed E-state index contributed by atoms with van der Waals surface area (Å²) >= 11 is 0. The van der Waals surface area contributed by atoms with Crippen LogP contribution in [0, 0.1) is 19.8 Å². The van der Waals surface area contributed by atoms with Crippen molar-refractivity contribution in [1.29, 1.82) is 0 Å². The monoisotopic (exact) mass is 391 g/mol. The lowest BCUT2D eigenvalue weighted by atomic mass is 9.95. The van der Waals surface area contributed by atoms with Crippen molar-refractivity contribution < 1.29 is 9.52 Å². The zero-order chi connectivity index (χ0) is 20.5. The Hall–Kier alpha value is -2.59. The maximum absolute atomic E-state index is 12.7. The average Bonchev–Trinajstić information content (AvgIpc) is 2.69. The molecular formula is C25H29NO3. The lowest BCUT2D eigenvalue weighted by Crippen LogP contribution is -2.33. The number of fused-ring (bicyclic) bond motifs is 1. The summed E-state index contributed by atoms with van der Waals surface area (Å²) in [6.45, 7) is 9.02. The smallest absolute Gasteiger partial charge is 0.340 e. The molecule has 29 heavy (non-hydrogen) atoms. The predicted molar refractivity (Wildman–Crippen MR) is 117 cm³/mol. The number of nitrogens with zero attached hydrogens (tertiary/aromatic N) is 1. The topological polar surface area (TPSA) is 53.7 Å². The van der Waals surface area contributed by atoms with Crippen LogP contribution in [0.15, 0.2) is 45.6 Å². The summed E-state index contributed by atoms with van der Waals surface area (Å²) in [7, 11) is 0. The number of phenols is 1. The maximum Gasteiger partial charge on any atom is 0.340 e. The molecule has 1 aliphatic heterocycles. The van der Waals surface area contributed by atoms with Crippen LogP contribution in [0.3, 0.4) is 0 Å². The first-order valence-corrected chi connectivity index (χ1v) is 10.5. The number of rotatable bonds is 4. The Morgan fingerprint density at radius 1 is 1.17 bits per heavy atom. The highest BCUT2D eigenvalue weighted by molar-refractivity contribution is 5.89. The minimum atomic E-state index is -0.324. The molecule has 152 valence electrons. The van der Waals surface area contributed by atoms with E-state index in [4.69, 9.17) is 4.42 Å². The van der Waals surface area contributed by atoms with Crippen LogP contribution < -0.4 is 5.63 Å². The Morgan fingerprint density at radius 2 is 1.93 bits per heavy atom. The molecule has 4 rings (SSSR count). The zero-order valence-corrected chi connectivity index (χ0v) is 17.5. The molecule has 0 spiro atoms. The van der Waals surface area contributed by atoms with E-state index in [9.17, 15) is 9.90 Å². The number of benzene rings is 2. The number of hydrogen-bond acceptors (Lipinski definition) is 4. The Balaban J connectivity index is 1.78. The molecule has 0 unspecified atom stereocenters. The minimum Gasteiger partial charge on any atom is -0.507 e. The summed E-state index contributed by atoms with van der Waals surface area (Å²) < 4.78 is 5.64. The SMILES string of the molecule is Cc1cc2oc(=O)c(Cc3ccccc3)c(C)c2c(O)c1CN1CCC[C@H](C)C1. The summed E-state index contributed by atoms with van der Waals surface area (Å²) in [6, 6.07) is 11.8. The van der Waals surface area contributed by atoms with E-state index < -0.39 is 0 Å². The van der Waals surface area contributed by atoms with E-state index in [1.807, 2.05) is 50.2 Å². The zero-order valence-electron chi connectivity index (χ0n) is 17.5. The molecule has 0 radical (unpaired) electrons. The molecule has 1 aromatic heterocycles. The summed E-state index contributed by atoms with van der Waals surface area (Å²) in [6.07, 6.45) is 2.97. The Morgan fingerprint density at radius 3 is 2.66 bits per heavy atom. The van der Waals surface area contributed by atoms with E-state index in [1.165, 1.54) is 12.8 Å². The number of aryl methyl sites for hydroxylation is 2. The molecule has 3 aromatic rings. The molecule has 0 amide bonds. The standard InChI is InChI=1S/C25H29NO3/c1-16-8-7-11-26(14-16)15-21-17(2)12-22-23(24(21)27)18(3)20(25(28)29-22)13-19-9-5-4-6-10-19/h4-6,9-10,12,16,27H,7-8,11,13-15H2,1-3H3/t16-/m0/s1. The molecule has 1 fully saturated rings. The molecule has 4 nitrogen and oxygen atoms in total. The van der Waals surface area contributed by atoms with Gasteiger partial charge in [0.2, 0.25) is 0 Å². The van der Waals surface area contributed by atoms with Crippen LogP contribution in [0.4, 0.5) is 0 Å². The molecule has 1 saturated heterocycles. The summed E-state index contributed by atoms with van der Waals surface area (Å²) in [5.41, 5.74) is 4.52. The fourth-order valence-corrected chi connectivity index (χ4v) is 4.58. The van der Waals surface area contributed by atoms with Gasteiger partial charge in [0.05, 0.1) is 5.39 Å². The van der Waals surface area contributed by atoms with Crippen LogP contribution in [0.1, 0.15) is 47.6 Å². The largest absolute Gasteiger partial charge is 0.507 e. The van der Waals surface area contributed by atoms with Gasteiger partial charge in [-0.25, -0.2) is 4.79 Å². The summed E-state index contributed by atoms with van der Waals surface area (Å²) in [5.74, 6) is 0.942. The maximum atomic E-state index is 12.7. The van der Waals surface area contributed by atoms with Crippen molar-refractivity contribution in [1.82, 2.24) is 4.90 Å². The van der Waals surface area contributed by atoms with E-state index in [2.05, 4.69) is 11.8 Å². The van der Waals surface area contributed by atoms with Crippen molar-refractivity contribution in [2.24, 2.45) is 5.92 Å². The molecule has 0 aliphatic carbocycles. The quantitative estimate of drug-likeness (QED) is 0.640. The molecule has 1 N–H and O–H groups in total. The molecule has 1 aliphatic rings. The second-order valence-electron chi connectivity index (χ2n) is 8.53. The van der Waals surface area contributed by atoms with E-state index in [0.29, 0.717) is 28.9 Å². The Bertz CT molecular complexity index is 1080. The van der Waals surface area contributed by atoms with Crippen molar-refractivity contribution in [3.8, 4) is 5.75 Å². The average molecular weight is 392 g/mol. The molecule has 0 bridgehead atoms. The van der Waals surface area contributed by atoms with Gasteiger partial charge in [-0.15, -0.1) is 0 Å². The molecular weight excluding hydrogens is 362 g/mol. The third-order valence-corrected chi connectivity index (χ3v) is 6.22. The van der Waals surface area contributed by atoms with Gasteiger partial charge in [-0.1, -0.05) is 37.3 Å². The second kappa shape index (κ2) is 8.03. The lowest BCUT2D eigenvalue weighted by Gasteiger charge is -2.31. The van der Waals surface area contributed by atoms with Crippen LogP contribution >= 0.6 is 0 Å². The van der Waals surface area contributed by atoms with Gasteiger partial charge in [0.15, 0.2) is 0 Å². The molecule has 1 atom stereocenters. The highest BCUT2D eigenvalue weighted by Gasteiger charge is 2.22. The van der Waals surface area contributed by atoms with Crippen LogP contribution in [0.2, 0.25) is 0 Å². The van der Waals surface area contributed by atoms with Crippen molar-refractivity contribution in [2.75, 3.05) is 13.1 Å². The van der Waals surface area contributed by atoms with Crippen molar-refractivity contribution in [3.05, 3.63) is 74.6 Å². The number of aromatic hydroxyl groups is 1. The van der Waals surface area contributed by atoms with E-state index in [0.717, 1.165) is 41.9 Å². The van der Waals surface area contributed by atoms with E-state index in [1.54, 1.807) is 0 Å². The van der Waals surface area contributed by atoms with Crippen LogP contribution in [0.25, 0.3) is 11.0 Å². The van der Waals surface area contributed by atoms with Gasteiger partial charge in [0.1, 0.15) is 11.3 Å².